The standard InChI is InChI=1S/C13H12BrNO2S2/c1-3-17-11-5-4-9(14)6-8(11)7-10-12(16)19-13(15-10)18-2/h4-7H,3H2,1-2H3/b10-7+. The number of carbonyl (C=O) groups is 1. The van der Waals surface area contributed by atoms with Crippen LogP contribution in [0.3, 0.4) is 0 Å². The first-order valence-corrected chi connectivity index (χ1v) is 8.46. The summed E-state index contributed by atoms with van der Waals surface area (Å²) in [5, 5.41) is -0.0215. The van der Waals surface area contributed by atoms with Crippen molar-refractivity contribution in [3.05, 3.63) is 33.9 Å². The minimum Gasteiger partial charge on any atom is -0.493 e. The van der Waals surface area contributed by atoms with Crippen LogP contribution in [0.1, 0.15) is 12.5 Å². The summed E-state index contributed by atoms with van der Waals surface area (Å²) in [6.07, 6.45) is 3.68. The van der Waals surface area contributed by atoms with Gasteiger partial charge in [0.05, 0.1) is 6.61 Å². The third kappa shape index (κ3) is 3.64. The van der Waals surface area contributed by atoms with Crippen molar-refractivity contribution >= 4 is 55.0 Å². The Hall–Kier alpha value is -0.720. The van der Waals surface area contributed by atoms with Crippen molar-refractivity contribution in [2.24, 2.45) is 4.99 Å². The Morgan fingerprint density at radius 3 is 2.95 bits per heavy atom. The maximum Gasteiger partial charge on any atom is 0.244 e. The maximum atomic E-state index is 11.8. The molecular formula is C13H12BrNO2S2. The molecule has 6 heteroatoms. The van der Waals surface area contributed by atoms with E-state index in [-0.39, 0.29) is 5.12 Å². The molecule has 1 aromatic rings. The Labute approximate surface area is 129 Å². The fourth-order valence-corrected chi connectivity index (χ4v) is 3.18. The molecule has 0 N–H and O–H groups in total. The number of carbonyl (C=O) groups excluding carboxylic acids is 1. The molecule has 1 aliphatic rings. The predicted octanol–water partition coefficient (Wildman–Crippen LogP) is 4.18. The summed E-state index contributed by atoms with van der Waals surface area (Å²) in [5.74, 6) is 0.754. The highest BCUT2D eigenvalue weighted by atomic mass is 79.9. The molecule has 19 heavy (non-hydrogen) atoms. The quantitative estimate of drug-likeness (QED) is 0.760. The number of halogens is 1. The summed E-state index contributed by atoms with van der Waals surface area (Å²) >= 11 is 6.07. The highest BCUT2D eigenvalue weighted by Crippen LogP contribution is 2.32. The van der Waals surface area contributed by atoms with Gasteiger partial charge in [0.15, 0.2) is 0 Å². The summed E-state index contributed by atoms with van der Waals surface area (Å²) in [4.78, 5) is 16.1. The normalized spacial score (nSPS) is 16.9. The van der Waals surface area contributed by atoms with Crippen LogP contribution < -0.4 is 4.74 Å². The summed E-state index contributed by atoms with van der Waals surface area (Å²) < 4.78 is 7.27. The molecule has 0 unspecified atom stereocenters. The van der Waals surface area contributed by atoms with Crippen LogP contribution in [0.25, 0.3) is 6.08 Å². The number of thioether (sulfide) groups is 2. The number of rotatable bonds is 3. The van der Waals surface area contributed by atoms with E-state index >= 15 is 0 Å². The number of aliphatic imine (C=N–C) groups is 1. The molecule has 0 radical (unpaired) electrons. The Morgan fingerprint density at radius 1 is 1.53 bits per heavy atom. The van der Waals surface area contributed by atoms with Crippen molar-refractivity contribution in [2.45, 2.75) is 6.92 Å². The molecule has 100 valence electrons. The molecule has 0 spiro atoms. The molecule has 2 rings (SSSR count). The minimum absolute atomic E-state index is 0.0215. The lowest BCUT2D eigenvalue weighted by Gasteiger charge is -2.07. The molecule has 3 nitrogen and oxygen atoms in total. The SMILES string of the molecule is CCOc1ccc(Br)cc1/C=C1/N=C(SC)SC1=O. The van der Waals surface area contributed by atoms with E-state index in [1.165, 1.54) is 23.5 Å². The predicted molar refractivity (Wildman–Crippen MR) is 86.8 cm³/mol. The summed E-state index contributed by atoms with van der Waals surface area (Å²) in [7, 11) is 0. The number of nitrogens with zero attached hydrogens (tertiary/aromatic N) is 1. The van der Waals surface area contributed by atoms with E-state index in [9.17, 15) is 4.79 Å². The van der Waals surface area contributed by atoms with E-state index < -0.39 is 0 Å². The number of ether oxygens (including phenoxy) is 1. The van der Waals surface area contributed by atoms with Gasteiger partial charge in [-0.3, -0.25) is 4.79 Å². The van der Waals surface area contributed by atoms with Crippen molar-refractivity contribution in [3.63, 3.8) is 0 Å². The molecule has 1 aliphatic heterocycles. The fraction of sp³-hybridized carbons (Fsp3) is 0.231. The van der Waals surface area contributed by atoms with Gasteiger partial charge in [-0.05, 0) is 49.2 Å². The van der Waals surface area contributed by atoms with Crippen molar-refractivity contribution in [1.82, 2.24) is 0 Å². The Bertz CT molecular complexity index is 570. The molecule has 0 atom stereocenters. The average molecular weight is 358 g/mol. The first kappa shape index (κ1) is 14.7. The Balaban J connectivity index is 2.39. The molecule has 1 heterocycles. The van der Waals surface area contributed by atoms with Crippen molar-refractivity contribution in [1.29, 1.82) is 0 Å². The molecule has 0 aliphatic carbocycles. The third-order valence-corrected chi connectivity index (χ3v) is 4.68. The highest BCUT2D eigenvalue weighted by molar-refractivity contribution is 9.10. The Kier molecular flexibility index (Phi) is 5.13. The highest BCUT2D eigenvalue weighted by Gasteiger charge is 2.21. The van der Waals surface area contributed by atoms with Gasteiger partial charge in [0.1, 0.15) is 15.8 Å². The average Bonchev–Trinajstić information content (AvgIpc) is 2.74. The van der Waals surface area contributed by atoms with Crippen molar-refractivity contribution in [2.75, 3.05) is 12.9 Å². The zero-order chi connectivity index (χ0) is 13.8. The molecule has 0 aromatic heterocycles. The van der Waals surface area contributed by atoms with Gasteiger partial charge in [-0.1, -0.05) is 15.9 Å². The van der Waals surface area contributed by atoms with E-state index in [1.807, 2.05) is 31.4 Å². The van der Waals surface area contributed by atoms with E-state index in [0.29, 0.717) is 12.3 Å². The second-order valence-corrected chi connectivity index (χ2v) is 6.55. The largest absolute Gasteiger partial charge is 0.493 e. The van der Waals surface area contributed by atoms with E-state index in [0.717, 1.165) is 20.2 Å². The topological polar surface area (TPSA) is 38.7 Å². The van der Waals surface area contributed by atoms with Crippen LogP contribution >= 0.6 is 39.5 Å². The molecule has 0 amide bonds. The lowest BCUT2D eigenvalue weighted by atomic mass is 10.1. The molecular weight excluding hydrogens is 346 g/mol. The van der Waals surface area contributed by atoms with E-state index in [1.54, 1.807) is 6.08 Å². The second kappa shape index (κ2) is 6.63. The second-order valence-electron chi connectivity index (χ2n) is 3.62. The van der Waals surface area contributed by atoms with Crippen LogP contribution in [0.2, 0.25) is 0 Å². The lowest BCUT2D eigenvalue weighted by Crippen LogP contribution is -1.95. The van der Waals surface area contributed by atoms with Gasteiger partial charge in [0.2, 0.25) is 5.12 Å². The zero-order valence-corrected chi connectivity index (χ0v) is 13.7. The number of hydrogen-bond donors (Lipinski definition) is 0. The summed E-state index contributed by atoms with van der Waals surface area (Å²) in [6.45, 7) is 2.51. The molecule has 0 saturated carbocycles. The smallest absolute Gasteiger partial charge is 0.244 e. The van der Waals surface area contributed by atoms with Gasteiger partial charge >= 0.3 is 0 Å². The van der Waals surface area contributed by atoms with Crippen molar-refractivity contribution < 1.29 is 9.53 Å². The number of hydrogen-bond acceptors (Lipinski definition) is 5. The summed E-state index contributed by atoms with van der Waals surface area (Å²) in [5.41, 5.74) is 1.32. The first-order chi connectivity index (χ1) is 9.13. The van der Waals surface area contributed by atoms with Gasteiger partial charge in [0.25, 0.3) is 0 Å². The van der Waals surface area contributed by atoms with Crippen LogP contribution in [0.15, 0.2) is 33.4 Å². The Morgan fingerprint density at radius 2 is 2.32 bits per heavy atom. The number of benzene rings is 1. The maximum absolute atomic E-state index is 11.8. The van der Waals surface area contributed by atoms with Crippen LogP contribution in [0, 0.1) is 0 Å². The monoisotopic (exact) mass is 357 g/mol. The minimum atomic E-state index is -0.0215. The fourth-order valence-electron chi connectivity index (χ4n) is 1.54. The lowest BCUT2D eigenvalue weighted by molar-refractivity contribution is -0.107. The molecule has 1 aromatic carbocycles. The van der Waals surface area contributed by atoms with Crippen LogP contribution in [-0.4, -0.2) is 22.4 Å². The van der Waals surface area contributed by atoms with Gasteiger partial charge in [-0.25, -0.2) is 4.99 Å². The van der Waals surface area contributed by atoms with Crippen LogP contribution in [-0.2, 0) is 4.79 Å². The van der Waals surface area contributed by atoms with Crippen molar-refractivity contribution in [3.8, 4) is 5.75 Å². The van der Waals surface area contributed by atoms with Crippen LogP contribution in [0.4, 0.5) is 0 Å². The van der Waals surface area contributed by atoms with Gasteiger partial charge in [0, 0.05) is 10.0 Å². The molecule has 0 bridgehead atoms. The van der Waals surface area contributed by atoms with E-state index in [2.05, 4.69) is 20.9 Å². The third-order valence-electron chi connectivity index (χ3n) is 2.34. The first-order valence-electron chi connectivity index (χ1n) is 5.63. The summed E-state index contributed by atoms with van der Waals surface area (Å²) in [6, 6.07) is 5.71. The van der Waals surface area contributed by atoms with Gasteiger partial charge in [-0.15, -0.1) is 11.8 Å². The van der Waals surface area contributed by atoms with E-state index in [4.69, 9.17) is 4.74 Å². The zero-order valence-electron chi connectivity index (χ0n) is 10.5. The molecule has 0 fully saturated rings. The van der Waals surface area contributed by atoms with Gasteiger partial charge in [-0.2, -0.15) is 0 Å². The molecule has 0 saturated heterocycles. The van der Waals surface area contributed by atoms with Crippen LogP contribution in [0.5, 0.6) is 5.75 Å². The van der Waals surface area contributed by atoms with Gasteiger partial charge < -0.3 is 4.74 Å².